The van der Waals surface area contributed by atoms with Gasteiger partial charge in [0.05, 0.1) is 14.2 Å². The average Bonchev–Trinajstić information content (AvgIpc) is 3.15. The molecule has 4 aromatic rings. The molecule has 2 heterocycles. The molecule has 0 bridgehead atoms. The van der Waals surface area contributed by atoms with E-state index in [2.05, 4.69) is 68.3 Å². The first-order valence-electron chi connectivity index (χ1n) is 16.9. The van der Waals surface area contributed by atoms with Gasteiger partial charge in [-0.25, -0.2) is 9.13 Å². The average molecular weight is 713 g/mol. The molecule has 2 aromatic carbocycles. The van der Waals surface area contributed by atoms with Crippen LogP contribution in [0.4, 0.5) is 0 Å². The van der Waals surface area contributed by atoms with Gasteiger partial charge in [0.15, 0.2) is 24.8 Å². The van der Waals surface area contributed by atoms with Crippen LogP contribution in [0.25, 0.3) is 24.3 Å². The van der Waals surface area contributed by atoms with Gasteiger partial charge in [-0.15, -0.1) is 0 Å². The second kappa shape index (κ2) is 22.2. The van der Waals surface area contributed by atoms with Crippen LogP contribution < -0.4 is 29.2 Å². The fourth-order valence-corrected chi connectivity index (χ4v) is 6.69. The third-order valence-corrected chi connectivity index (χ3v) is 10.1. The van der Waals surface area contributed by atoms with Crippen LogP contribution in [0, 0.1) is 0 Å². The van der Waals surface area contributed by atoms with Crippen molar-refractivity contribution in [2.75, 3.05) is 38.8 Å². The molecule has 0 aliphatic carbocycles. The molecule has 0 saturated carbocycles. The molecule has 262 valence electrons. The molecule has 0 fully saturated rings. The minimum atomic E-state index is 0.0816. The van der Waals surface area contributed by atoms with E-state index in [0.29, 0.717) is 25.9 Å². The quantitative estimate of drug-likeness (QED) is 0.0584. The molecule has 0 atom stereocenters. The lowest BCUT2D eigenvalue weighted by Crippen LogP contribution is -2.34. The predicted molar refractivity (Wildman–Crippen MR) is 207 cm³/mol. The molecule has 0 aliphatic rings. The van der Waals surface area contributed by atoms with Gasteiger partial charge in [0, 0.05) is 74.5 Å². The Morgan fingerprint density at radius 2 is 0.900 bits per heavy atom. The highest BCUT2D eigenvalue weighted by atomic mass is 33.1. The summed E-state index contributed by atoms with van der Waals surface area (Å²) in [5.41, 5.74) is 4.47. The second-order valence-corrected chi connectivity index (χ2v) is 14.2. The first kappa shape index (κ1) is 38.3. The van der Waals surface area contributed by atoms with E-state index < -0.39 is 0 Å². The van der Waals surface area contributed by atoms with E-state index in [1.54, 1.807) is 35.8 Å². The van der Waals surface area contributed by atoms with Gasteiger partial charge in [0.1, 0.15) is 24.6 Å². The number of aromatic nitrogens is 2. The maximum absolute atomic E-state index is 12.2. The van der Waals surface area contributed by atoms with Crippen LogP contribution in [0.2, 0.25) is 0 Å². The minimum absolute atomic E-state index is 0.0816. The minimum Gasteiger partial charge on any atom is -0.497 e. The Morgan fingerprint density at radius 1 is 0.560 bits per heavy atom. The van der Waals surface area contributed by atoms with Gasteiger partial charge in [0.2, 0.25) is 11.8 Å². The lowest BCUT2D eigenvalue weighted by Gasteiger charge is -2.06. The van der Waals surface area contributed by atoms with E-state index in [9.17, 15) is 9.59 Å². The number of nitrogens with zero attached hydrogens (tertiary/aromatic N) is 2. The van der Waals surface area contributed by atoms with Crippen molar-refractivity contribution in [2.45, 2.75) is 38.8 Å². The van der Waals surface area contributed by atoms with Crippen molar-refractivity contribution >= 4 is 57.7 Å². The highest BCUT2D eigenvalue weighted by Crippen LogP contribution is 2.19. The predicted octanol–water partition coefficient (Wildman–Crippen LogP) is 6.49. The molecule has 10 heteroatoms. The number of hydrogen-bond acceptors (Lipinski definition) is 6. The van der Waals surface area contributed by atoms with Crippen LogP contribution in [0.15, 0.2) is 97.6 Å². The number of carbonyl (C=O) groups excluding carboxylic acids is 2. The SMILES string of the molecule is COc1ccc(/C=C/c2cc[n+](CCCC(=O)NCCSSCCNC(=O)CCC[n+]3ccc(/C=C/c4ccc(OC)cc4)cc3)cc2)cc1. The Labute approximate surface area is 304 Å². The zero-order valence-corrected chi connectivity index (χ0v) is 30.6. The molecule has 50 heavy (non-hydrogen) atoms. The molecule has 0 unspecified atom stereocenters. The summed E-state index contributed by atoms with van der Waals surface area (Å²) in [5, 5.41) is 6.01. The van der Waals surface area contributed by atoms with Gasteiger partial charge in [-0.05, 0) is 46.5 Å². The zero-order chi connectivity index (χ0) is 35.2. The van der Waals surface area contributed by atoms with Crippen LogP contribution in [-0.2, 0) is 22.7 Å². The normalized spacial score (nSPS) is 11.2. The number of amides is 2. The van der Waals surface area contributed by atoms with Gasteiger partial charge >= 0.3 is 0 Å². The number of hydrogen-bond donors (Lipinski definition) is 2. The lowest BCUT2D eigenvalue weighted by atomic mass is 10.1. The third-order valence-electron chi connectivity index (χ3n) is 7.74. The van der Waals surface area contributed by atoms with Crippen LogP contribution >= 0.6 is 21.6 Å². The van der Waals surface area contributed by atoms with Crippen LogP contribution in [0.5, 0.6) is 11.5 Å². The zero-order valence-electron chi connectivity index (χ0n) is 29.0. The van der Waals surface area contributed by atoms with E-state index in [1.807, 2.05) is 73.3 Å². The highest BCUT2D eigenvalue weighted by molar-refractivity contribution is 8.76. The Morgan fingerprint density at radius 3 is 1.24 bits per heavy atom. The summed E-state index contributed by atoms with van der Waals surface area (Å²) in [6.07, 6.45) is 19.1. The van der Waals surface area contributed by atoms with Crippen LogP contribution in [0.3, 0.4) is 0 Å². The third kappa shape index (κ3) is 14.9. The Bertz CT molecular complexity index is 1520. The summed E-state index contributed by atoms with van der Waals surface area (Å²) >= 11 is 0. The molecule has 0 saturated heterocycles. The first-order chi connectivity index (χ1) is 24.5. The number of aryl methyl sites for hydroxylation is 2. The molecule has 8 nitrogen and oxygen atoms in total. The van der Waals surface area contributed by atoms with E-state index in [0.717, 1.165) is 71.2 Å². The Kier molecular flexibility index (Phi) is 17.0. The topological polar surface area (TPSA) is 84.4 Å². The number of benzene rings is 2. The smallest absolute Gasteiger partial charge is 0.220 e. The molecular formula is C40H48N4O4S2+2. The van der Waals surface area contributed by atoms with Crippen molar-refractivity contribution in [3.8, 4) is 11.5 Å². The molecule has 0 radical (unpaired) electrons. The van der Waals surface area contributed by atoms with Gasteiger partial charge in [0.25, 0.3) is 0 Å². The summed E-state index contributed by atoms with van der Waals surface area (Å²) in [6.45, 7) is 2.87. The summed E-state index contributed by atoms with van der Waals surface area (Å²) in [4.78, 5) is 24.5. The first-order valence-corrected chi connectivity index (χ1v) is 19.4. The van der Waals surface area contributed by atoms with Gasteiger partial charge in [-0.3, -0.25) is 9.59 Å². The van der Waals surface area contributed by atoms with Crippen molar-refractivity contribution < 1.29 is 28.2 Å². The summed E-state index contributed by atoms with van der Waals surface area (Å²) < 4.78 is 14.6. The number of nitrogens with one attached hydrogen (secondary N) is 2. The van der Waals surface area contributed by atoms with E-state index in [4.69, 9.17) is 9.47 Å². The van der Waals surface area contributed by atoms with Crippen molar-refractivity contribution in [1.29, 1.82) is 0 Å². The van der Waals surface area contributed by atoms with Crippen molar-refractivity contribution in [3.05, 3.63) is 120 Å². The molecule has 2 aromatic heterocycles. The number of pyridine rings is 2. The molecule has 2 N–H and O–H groups in total. The summed E-state index contributed by atoms with van der Waals surface area (Å²) in [6, 6.07) is 24.2. The maximum atomic E-state index is 12.2. The molecule has 0 spiro atoms. The number of carbonyl (C=O) groups is 2. The van der Waals surface area contributed by atoms with Crippen LogP contribution in [0.1, 0.15) is 47.9 Å². The number of methoxy groups -OCH3 is 2. The van der Waals surface area contributed by atoms with Crippen molar-refractivity contribution in [1.82, 2.24) is 10.6 Å². The van der Waals surface area contributed by atoms with Gasteiger partial charge in [-0.2, -0.15) is 0 Å². The Hall–Kier alpha value is -4.54. The monoisotopic (exact) mass is 712 g/mol. The Balaban J connectivity index is 0.960. The van der Waals surface area contributed by atoms with E-state index in [1.165, 1.54) is 0 Å². The molecule has 2 amide bonds. The van der Waals surface area contributed by atoms with E-state index in [-0.39, 0.29) is 11.8 Å². The number of rotatable bonds is 21. The largest absolute Gasteiger partial charge is 0.497 e. The maximum Gasteiger partial charge on any atom is 0.220 e. The van der Waals surface area contributed by atoms with Gasteiger partial charge in [-0.1, -0.05) is 70.2 Å². The second-order valence-electron chi connectivity index (χ2n) is 11.5. The standard InChI is InChI=1S/C40H46N4O4S2/c1-47-37-15-11-33(12-16-37)7-9-35-19-27-43(28-20-35)25-3-5-39(45)41-23-31-49-50-32-24-42-40(46)6-4-26-44-29-21-36(22-30-44)10-8-34-13-17-38(48-2)18-14-34/h7-22,27-30H,3-6,23-26,31-32H2,1-2H3/p+2/b9-7+,10-8+. The fraction of sp³-hybridized carbons (Fsp3) is 0.300. The fourth-order valence-electron chi connectivity index (χ4n) is 4.88. The highest BCUT2D eigenvalue weighted by Gasteiger charge is 2.07. The van der Waals surface area contributed by atoms with Crippen LogP contribution in [-0.4, -0.2) is 50.6 Å². The lowest BCUT2D eigenvalue weighted by molar-refractivity contribution is -0.697. The van der Waals surface area contributed by atoms with E-state index >= 15 is 0 Å². The van der Waals surface area contributed by atoms with Gasteiger partial charge < -0.3 is 20.1 Å². The number of ether oxygens (including phenoxy) is 2. The molecule has 0 aliphatic heterocycles. The molecular weight excluding hydrogens is 665 g/mol. The van der Waals surface area contributed by atoms with Crippen molar-refractivity contribution in [2.24, 2.45) is 0 Å². The molecule has 4 rings (SSSR count). The van der Waals surface area contributed by atoms with Crippen molar-refractivity contribution in [3.63, 3.8) is 0 Å². The summed E-state index contributed by atoms with van der Waals surface area (Å²) in [5.74, 6) is 3.52. The summed E-state index contributed by atoms with van der Waals surface area (Å²) in [7, 11) is 6.76.